The Morgan fingerprint density at radius 1 is 1.29 bits per heavy atom. The summed E-state index contributed by atoms with van der Waals surface area (Å²) in [5.41, 5.74) is 2.79. The van der Waals surface area contributed by atoms with Crippen LogP contribution < -0.4 is 4.74 Å². The van der Waals surface area contributed by atoms with Crippen molar-refractivity contribution in [2.24, 2.45) is 0 Å². The highest BCUT2D eigenvalue weighted by Crippen LogP contribution is 2.25. The van der Waals surface area contributed by atoms with Gasteiger partial charge < -0.3 is 9.84 Å². The van der Waals surface area contributed by atoms with Crippen molar-refractivity contribution >= 4 is 17.7 Å². The number of thioether (sulfide) groups is 1. The average Bonchev–Trinajstić information content (AvgIpc) is 2.47. The Morgan fingerprint density at radius 2 is 2.10 bits per heavy atom. The van der Waals surface area contributed by atoms with Gasteiger partial charge in [-0.25, -0.2) is 0 Å². The predicted octanol–water partition coefficient (Wildman–Crippen LogP) is 3.03. The number of aryl methyl sites for hydroxylation is 1. The summed E-state index contributed by atoms with van der Waals surface area (Å²) >= 11 is 1.39. The van der Waals surface area contributed by atoms with Gasteiger partial charge in [0.15, 0.2) is 0 Å². The lowest BCUT2D eigenvalue weighted by Gasteiger charge is -2.07. The second kappa shape index (κ2) is 7.08. The first-order chi connectivity index (χ1) is 10.1. The number of ether oxygens (including phenoxy) is 1. The van der Waals surface area contributed by atoms with Crippen LogP contribution in [-0.2, 0) is 4.79 Å². The Bertz CT molecular complexity index is 629. The van der Waals surface area contributed by atoms with Crippen molar-refractivity contribution in [2.75, 3.05) is 12.9 Å². The number of hydrogen-bond donors (Lipinski definition) is 1. The summed E-state index contributed by atoms with van der Waals surface area (Å²) in [7, 11) is 1.64. The zero-order chi connectivity index (χ0) is 15.2. The lowest BCUT2D eigenvalue weighted by Crippen LogP contribution is -1.97. The molecule has 0 aliphatic rings. The third-order valence-electron chi connectivity index (χ3n) is 2.90. The molecule has 2 aromatic rings. The van der Waals surface area contributed by atoms with Crippen molar-refractivity contribution in [1.29, 1.82) is 0 Å². The molecule has 0 spiro atoms. The molecule has 0 atom stereocenters. The molecule has 1 heterocycles. The van der Waals surface area contributed by atoms with E-state index in [2.05, 4.69) is 10.2 Å². The fourth-order valence-electron chi connectivity index (χ4n) is 1.83. The van der Waals surface area contributed by atoms with Crippen LogP contribution in [0.3, 0.4) is 0 Å². The summed E-state index contributed by atoms with van der Waals surface area (Å²) in [5, 5.41) is 17.6. The average molecular weight is 304 g/mol. The summed E-state index contributed by atoms with van der Waals surface area (Å²) in [5.74, 6) is 0.527. The highest BCUT2D eigenvalue weighted by Gasteiger charge is 2.05. The summed E-state index contributed by atoms with van der Waals surface area (Å²) in [6.45, 7) is 1.98. The number of carbonyl (C=O) groups is 1. The van der Waals surface area contributed by atoms with Crippen molar-refractivity contribution < 1.29 is 14.6 Å². The van der Waals surface area contributed by atoms with Crippen LogP contribution in [0.1, 0.15) is 12.0 Å². The minimum absolute atomic E-state index is 0.117. The van der Waals surface area contributed by atoms with Crippen molar-refractivity contribution in [1.82, 2.24) is 10.2 Å². The number of benzene rings is 1. The number of carboxylic acids is 1. The van der Waals surface area contributed by atoms with Gasteiger partial charge in [0.25, 0.3) is 0 Å². The van der Waals surface area contributed by atoms with Crippen LogP contribution >= 0.6 is 11.8 Å². The molecule has 21 heavy (non-hydrogen) atoms. The Morgan fingerprint density at radius 3 is 2.67 bits per heavy atom. The van der Waals surface area contributed by atoms with Crippen LogP contribution in [-0.4, -0.2) is 34.1 Å². The van der Waals surface area contributed by atoms with E-state index in [4.69, 9.17) is 9.84 Å². The molecule has 0 radical (unpaired) electrons. The van der Waals surface area contributed by atoms with E-state index in [-0.39, 0.29) is 6.42 Å². The van der Waals surface area contributed by atoms with E-state index in [1.165, 1.54) is 11.8 Å². The molecule has 0 unspecified atom stereocenters. The zero-order valence-electron chi connectivity index (χ0n) is 11.9. The fourth-order valence-corrected chi connectivity index (χ4v) is 2.58. The molecule has 1 aromatic heterocycles. The minimum Gasteiger partial charge on any atom is -0.496 e. The van der Waals surface area contributed by atoms with Crippen LogP contribution in [0.5, 0.6) is 5.75 Å². The molecule has 0 saturated carbocycles. The number of carboxylic acid groups (broad SMARTS) is 1. The van der Waals surface area contributed by atoms with Gasteiger partial charge in [-0.1, -0.05) is 0 Å². The maximum Gasteiger partial charge on any atom is 0.304 e. The van der Waals surface area contributed by atoms with Crippen LogP contribution in [0.2, 0.25) is 0 Å². The number of hydrogen-bond acceptors (Lipinski definition) is 5. The first kappa shape index (κ1) is 15.3. The molecular weight excluding hydrogens is 288 g/mol. The maximum atomic E-state index is 10.5. The second-order valence-corrected chi connectivity index (χ2v) is 5.55. The van der Waals surface area contributed by atoms with Crippen LogP contribution in [0.15, 0.2) is 35.4 Å². The van der Waals surface area contributed by atoms with Gasteiger partial charge in [-0.15, -0.1) is 22.0 Å². The van der Waals surface area contributed by atoms with E-state index in [1.807, 2.05) is 37.3 Å². The number of nitrogens with zero attached hydrogens (tertiary/aromatic N) is 2. The quantitative estimate of drug-likeness (QED) is 0.827. The summed E-state index contributed by atoms with van der Waals surface area (Å²) in [6.07, 6.45) is 0.117. The Labute approximate surface area is 127 Å². The third kappa shape index (κ3) is 4.19. The Balaban J connectivity index is 2.08. The zero-order valence-corrected chi connectivity index (χ0v) is 12.7. The molecule has 0 fully saturated rings. The minimum atomic E-state index is -0.805. The Kier molecular flexibility index (Phi) is 5.16. The molecule has 1 aromatic carbocycles. The molecule has 0 aliphatic carbocycles. The van der Waals surface area contributed by atoms with E-state index in [0.29, 0.717) is 5.75 Å². The molecule has 110 valence electrons. The van der Waals surface area contributed by atoms with Crippen LogP contribution in [0.25, 0.3) is 11.3 Å². The lowest BCUT2D eigenvalue weighted by atomic mass is 10.1. The molecule has 0 bridgehead atoms. The number of aromatic nitrogens is 2. The summed E-state index contributed by atoms with van der Waals surface area (Å²) < 4.78 is 5.23. The number of rotatable bonds is 6. The molecule has 0 amide bonds. The molecule has 1 N–H and O–H groups in total. The largest absolute Gasteiger partial charge is 0.496 e. The van der Waals surface area contributed by atoms with Gasteiger partial charge in [0.2, 0.25) is 0 Å². The van der Waals surface area contributed by atoms with Crippen molar-refractivity contribution in [3.8, 4) is 17.0 Å². The maximum absolute atomic E-state index is 10.5. The summed E-state index contributed by atoms with van der Waals surface area (Å²) in [4.78, 5) is 10.5. The fraction of sp³-hybridized carbons (Fsp3) is 0.267. The van der Waals surface area contributed by atoms with Crippen molar-refractivity contribution in [3.63, 3.8) is 0 Å². The van der Waals surface area contributed by atoms with Gasteiger partial charge in [0, 0.05) is 11.3 Å². The van der Waals surface area contributed by atoms with Crippen LogP contribution in [0, 0.1) is 6.92 Å². The summed E-state index contributed by atoms with van der Waals surface area (Å²) in [6, 6.07) is 9.58. The van der Waals surface area contributed by atoms with Crippen molar-refractivity contribution in [3.05, 3.63) is 35.9 Å². The molecular formula is C15H16N2O3S. The predicted molar refractivity (Wildman–Crippen MR) is 81.7 cm³/mol. The van der Waals surface area contributed by atoms with Gasteiger partial charge in [-0.3, -0.25) is 4.79 Å². The monoisotopic (exact) mass is 304 g/mol. The molecule has 5 nitrogen and oxygen atoms in total. The van der Waals surface area contributed by atoms with E-state index in [9.17, 15) is 4.79 Å². The van der Waals surface area contributed by atoms with Gasteiger partial charge in [0.1, 0.15) is 10.8 Å². The highest BCUT2D eigenvalue weighted by molar-refractivity contribution is 7.99. The van der Waals surface area contributed by atoms with E-state index < -0.39 is 5.97 Å². The smallest absolute Gasteiger partial charge is 0.304 e. The first-order valence-electron chi connectivity index (χ1n) is 6.43. The second-order valence-electron chi connectivity index (χ2n) is 4.43. The van der Waals surface area contributed by atoms with Gasteiger partial charge in [0.05, 0.1) is 19.2 Å². The standard InChI is InChI=1S/C15H16N2O3S/c1-10-9-11(3-5-13(10)20-2)12-4-6-14(17-16-12)21-8-7-15(18)19/h3-6,9H,7-8H2,1-2H3,(H,18,19). The van der Waals surface area contributed by atoms with E-state index in [1.54, 1.807) is 7.11 Å². The van der Waals surface area contributed by atoms with Crippen molar-refractivity contribution in [2.45, 2.75) is 18.4 Å². The number of aliphatic carboxylic acids is 1. The first-order valence-corrected chi connectivity index (χ1v) is 7.42. The number of methoxy groups -OCH3 is 1. The molecule has 0 saturated heterocycles. The van der Waals surface area contributed by atoms with Gasteiger partial charge in [-0.05, 0) is 42.8 Å². The lowest BCUT2D eigenvalue weighted by molar-refractivity contribution is -0.136. The van der Waals surface area contributed by atoms with Gasteiger partial charge in [-0.2, -0.15) is 0 Å². The molecule has 2 rings (SSSR count). The van der Waals surface area contributed by atoms with Crippen LogP contribution in [0.4, 0.5) is 0 Å². The SMILES string of the molecule is COc1ccc(-c2ccc(SCCC(=O)O)nn2)cc1C. The third-order valence-corrected chi connectivity index (χ3v) is 3.82. The Hall–Kier alpha value is -2.08. The normalized spacial score (nSPS) is 10.4. The van der Waals surface area contributed by atoms with Gasteiger partial charge >= 0.3 is 5.97 Å². The molecule has 0 aliphatic heterocycles. The molecule has 6 heteroatoms. The van der Waals surface area contributed by atoms with E-state index in [0.717, 1.165) is 27.6 Å². The highest BCUT2D eigenvalue weighted by atomic mass is 32.2. The topological polar surface area (TPSA) is 72.3 Å². The van der Waals surface area contributed by atoms with E-state index >= 15 is 0 Å².